The highest BCUT2D eigenvalue weighted by molar-refractivity contribution is 7.97. The van der Waals surface area contributed by atoms with Crippen molar-refractivity contribution in [3.63, 3.8) is 0 Å². The SMILES string of the molecule is C=CCN1c2ccc(Cl)cc2C(c2ccccc2)=C(C(=O)Nc2ccc3c4c(cccc24)CC3)S1(=O)=O. The lowest BCUT2D eigenvalue weighted by atomic mass is 9.95. The number of aryl methyl sites for hydroxylation is 2. The van der Waals surface area contributed by atoms with Gasteiger partial charge in [-0.05, 0) is 59.2 Å². The van der Waals surface area contributed by atoms with Crippen molar-refractivity contribution in [3.8, 4) is 0 Å². The Morgan fingerprint density at radius 3 is 2.49 bits per heavy atom. The molecule has 0 atom stereocenters. The van der Waals surface area contributed by atoms with Crippen LogP contribution in [0.4, 0.5) is 11.4 Å². The van der Waals surface area contributed by atoms with Crippen LogP contribution in [0.15, 0.2) is 96.4 Å². The second-order valence-electron chi connectivity index (χ2n) is 9.12. The first-order chi connectivity index (χ1) is 17.9. The molecule has 0 aromatic heterocycles. The van der Waals surface area contributed by atoms with E-state index in [1.54, 1.807) is 30.3 Å². The van der Waals surface area contributed by atoms with Crippen molar-refractivity contribution < 1.29 is 13.2 Å². The molecular formula is C30H23ClN2O3S. The fourth-order valence-electron chi connectivity index (χ4n) is 5.39. The Hall–Kier alpha value is -3.87. The van der Waals surface area contributed by atoms with E-state index < -0.39 is 15.9 Å². The van der Waals surface area contributed by atoms with Crippen LogP contribution in [0.25, 0.3) is 16.3 Å². The molecule has 1 aliphatic carbocycles. The summed E-state index contributed by atoms with van der Waals surface area (Å²) in [6, 6.07) is 24.0. The Bertz CT molecular complexity index is 1730. The van der Waals surface area contributed by atoms with E-state index in [1.807, 2.05) is 42.5 Å². The molecule has 1 aliphatic heterocycles. The third-order valence-electron chi connectivity index (χ3n) is 6.96. The van der Waals surface area contributed by atoms with Gasteiger partial charge in [0, 0.05) is 27.2 Å². The van der Waals surface area contributed by atoms with Crippen molar-refractivity contribution >= 4 is 55.3 Å². The van der Waals surface area contributed by atoms with Crippen LogP contribution < -0.4 is 9.62 Å². The van der Waals surface area contributed by atoms with Gasteiger partial charge in [0.15, 0.2) is 4.91 Å². The van der Waals surface area contributed by atoms with Gasteiger partial charge >= 0.3 is 0 Å². The fourth-order valence-corrected chi connectivity index (χ4v) is 7.27. The Kier molecular flexibility index (Phi) is 5.66. The Morgan fingerprint density at radius 1 is 0.973 bits per heavy atom. The summed E-state index contributed by atoms with van der Waals surface area (Å²) >= 11 is 6.37. The smallest absolute Gasteiger partial charge is 0.270 e. The minimum atomic E-state index is -4.24. The first-order valence-corrected chi connectivity index (χ1v) is 13.8. The summed E-state index contributed by atoms with van der Waals surface area (Å²) < 4.78 is 29.4. The zero-order chi connectivity index (χ0) is 25.7. The van der Waals surface area contributed by atoms with Gasteiger partial charge < -0.3 is 5.32 Å². The van der Waals surface area contributed by atoms with E-state index in [4.69, 9.17) is 11.6 Å². The van der Waals surface area contributed by atoms with Crippen LogP contribution in [0.2, 0.25) is 5.02 Å². The molecule has 1 amide bonds. The highest BCUT2D eigenvalue weighted by Gasteiger charge is 2.41. The summed E-state index contributed by atoms with van der Waals surface area (Å²) in [5.41, 5.74) is 5.00. The highest BCUT2D eigenvalue weighted by atomic mass is 35.5. The van der Waals surface area contributed by atoms with Crippen molar-refractivity contribution in [1.82, 2.24) is 0 Å². The molecule has 0 fully saturated rings. The van der Waals surface area contributed by atoms with E-state index in [1.165, 1.54) is 21.5 Å². The topological polar surface area (TPSA) is 66.5 Å². The van der Waals surface area contributed by atoms with Gasteiger partial charge in [-0.1, -0.05) is 72.3 Å². The standard InChI is InChI=1S/C30H23ClN2O3S/c1-2-17-33-26-16-14-22(31)18-24(26)28(19-7-4-3-5-8-19)29(37(33,35)36)30(34)32-25-15-13-21-12-11-20-9-6-10-23(25)27(20)21/h2-10,13-16,18H,1,11-12,17H2,(H,32,34). The predicted octanol–water partition coefficient (Wildman–Crippen LogP) is 6.33. The maximum atomic E-state index is 14.1. The Labute approximate surface area is 220 Å². The molecule has 0 unspecified atom stereocenters. The molecule has 0 saturated heterocycles. The molecule has 37 heavy (non-hydrogen) atoms. The number of nitrogens with zero attached hydrogens (tertiary/aromatic N) is 1. The van der Waals surface area contributed by atoms with Crippen molar-refractivity contribution in [2.24, 2.45) is 0 Å². The van der Waals surface area contributed by atoms with Crippen LogP contribution in [0.1, 0.15) is 22.3 Å². The summed E-state index contributed by atoms with van der Waals surface area (Å²) in [5.74, 6) is -0.697. The van der Waals surface area contributed by atoms with Gasteiger partial charge in [0.2, 0.25) is 0 Å². The number of carbonyl (C=O) groups is 1. The first kappa shape index (κ1) is 23.5. The van der Waals surface area contributed by atoms with Crippen LogP contribution in [-0.2, 0) is 27.7 Å². The van der Waals surface area contributed by atoms with Crippen molar-refractivity contribution in [2.45, 2.75) is 12.8 Å². The molecule has 1 N–H and O–H groups in total. The number of rotatable bonds is 5. The van der Waals surface area contributed by atoms with E-state index in [9.17, 15) is 13.2 Å². The molecule has 0 bridgehead atoms. The molecule has 0 radical (unpaired) electrons. The number of nitrogens with one attached hydrogen (secondary N) is 1. The number of hydrogen-bond acceptors (Lipinski definition) is 3. The first-order valence-electron chi connectivity index (χ1n) is 12.0. The molecule has 2 aliphatic rings. The monoisotopic (exact) mass is 526 g/mol. The van der Waals surface area contributed by atoms with Gasteiger partial charge in [-0.2, -0.15) is 0 Å². The van der Waals surface area contributed by atoms with Crippen LogP contribution in [0.3, 0.4) is 0 Å². The molecule has 7 heteroatoms. The quantitative estimate of drug-likeness (QED) is 0.309. The third-order valence-corrected chi connectivity index (χ3v) is 9.03. The predicted molar refractivity (Wildman–Crippen MR) is 150 cm³/mol. The number of anilines is 2. The Balaban J connectivity index is 1.59. The molecule has 0 spiro atoms. The lowest BCUT2D eigenvalue weighted by molar-refractivity contribution is -0.112. The maximum absolute atomic E-state index is 14.1. The average molecular weight is 527 g/mol. The molecule has 0 saturated carbocycles. The minimum absolute atomic E-state index is 0.0107. The van der Waals surface area contributed by atoms with Crippen LogP contribution in [0, 0.1) is 0 Å². The summed E-state index contributed by atoms with van der Waals surface area (Å²) in [6.45, 7) is 3.74. The molecule has 1 heterocycles. The van der Waals surface area contributed by atoms with Crippen molar-refractivity contribution in [3.05, 3.63) is 124 Å². The van der Waals surface area contributed by atoms with Gasteiger partial charge in [-0.3, -0.25) is 9.10 Å². The number of hydrogen-bond donors (Lipinski definition) is 1. The fraction of sp³-hybridized carbons (Fsp3) is 0.100. The van der Waals surface area contributed by atoms with Crippen LogP contribution in [0.5, 0.6) is 0 Å². The normalized spacial score (nSPS) is 15.5. The minimum Gasteiger partial charge on any atom is -0.321 e. The van der Waals surface area contributed by atoms with Gasteiger partial charge in [-0.15, -0.1) is 6.58 Å². The summed E-state index contributed by atoms with van der Waals surface area (Å²) in [4.78, 5) is 13.7. The van der Waals surface area contributed by atoms with Gasteiger partial charge in [0.1, 0.15) is 0 Å². The van der Waals surface area contributed by atoms with Crippen LogP contribution in [-0.4, -0.2) is 20.9 Å². The molecule has 6 rings (SSSR count). The van der Waals surface area contributed by atoms with Crippen molar-refractivity contribution in [1.29, 1.82) is 0 Å². The van der Waals surface area contributed by atoms with Crippen LogP contribution >= 0.6 is 11.6 Å². The molecule has 184 valence electrons. The van der Waals surface area contributed by atoms with E-state index in [0.717, 1.165) is 23.6 Å². The number of benzene rings is 4. The van der Waals surface area contributed by atoms with E-state index >= 15 is 0 Å². The third kappa shape index (κ3) is 3.76. The van der Waals surface area contributed by atoms with Gasteiger partial charge in [0.05, 0.1) is 12.2 Å². The van der Waals surface area contributed by atoms with Crippen molar-refractivity contribution in [2.75, 3.05) is 16.2 Å². The summed E-state index contributed by atoms with van der Waals surface area (Å²) in [7, 11) is -4.24. The summed E-state index contributed by atoms with van der Waals surface area (Å²) in [6.07, 6.45) is 3.41. The molecular weight excluding hydrogens is 504 g/mol. The molecule has 4 aromatic rings. The number of sulfonamides is 1. The lowest BCUT2D eigenvalue weighted by Gasteiger charge is -2.33. The molecule has 5 nitrogen and oxygen atoms in total. The average Bonchev–Trinajstić information content (AvgIpc) is 3.32. The highest BCUT2D eigenvalue weighted by Crippen LogP contribution is 2.44. The number of halogens is 1. The van der Waals surface area contributed by atoms with E-state index in [0.29, 0.717) is 33.1 Å². The van der Waals surface area contributed by atoms with E-state index in [-0.39, 0.29) is 11.4 Å². The second-order valence-corrected chi connectivity index (χ2v) is 11.4. The lowest BCUT2D eigenvalue weighted by Crippen LogP contribution is -2.39. The zero-order valence-electron chi connectivity index (χ0n) is 19.9. The maximum Gasteiger partial charge on any atom is 0.270 e. The van der Waals surface area contributed by atoms with E-state index in [2.05, 4.69) is 18.0 Å². The van der Waals surface area contributed by atoms with Gasteiger partial charge in [0.25, 0.3) is 15.9 Å². The Morgan fingerprint density at radius 2 is 1.73 bits per heavy atom. The number of fused-ring (bicyclic) bond motifs is 1. The largest absolute Gasteiger partial charge is 0.321 e. The summed E-state index contributed by atoms with van der Waals surface area (Å²) in [5, 5.41) is 5.42. The second kappa shape index (κ2) is 8.91. The number of carbonyl (C=O) groups excluding carboxylic acids is 1. The van der Waals surface area contributed by atoms with Gasteiger partial charge in [-0.25, -0.2) is 8.42 Å². The number of amides is 1. The zero-order valence-corrected chi connectivity index (χ0v) is 21.4. The molecule has 4 aromatic carbocycles.